The number of nitrogens with zero attached hydrogens (tertiary/aromatic N) is 1. The van der Waals surface area contributed by atoms with E-state index in [1.165, 1.54) is 7.11 Å². The Morgan fingerprint density at radius 3 is 2.54 bits per heavy atom. The Kier molecular flexibility index (Phi) is 4.38. The molecule has 4 rings (SSSR count). The number of carbonyl (C=O) groups is 2. The molecule has 0 N–H and O–H groups in total. The van der Waals surface area contributed by atoms with Crippen molar-refractivity contribution in [1.29, 1.82) is 0 Å². The van der Waals surface area contributed by atoms with Gasteiger partial charge in [-0.15, -0.1) is 0 Å². The Bertz CT molecular complexity index is 910. The lowest BCUT2D eigenvalue weighted by Gasteiger charge is -2.37. The summed E-state index contributed by atoms with van der Waals surface area (Å²) in [6, 6.07) is 8.63. The van der Waals surface area contributed by atoms with E-state index < -0.39 is 27.8 Å². The fourth-order valence-electron chi connectivity index (χ4n) is 6.05. The number of methoxy groups -OCH3 is 1. The van der Waals surface area contributed by atoms with Gasteiger partial charge in [0.1, 0.15) is 0 Å². The Hall–Kier alpha value is -1.89. The van der Waals surface area contributed by atoms with Crippen molar-refractivity contribution < 1.29 is 22.7 Å². The minimum absolute atomic E-state index is 0.0358. The molecule has 152 valence electrons. The van der Waals surface area contributed by atoms with E-state index in [1.807, 2.05) is 6.07 Å². The highest BCUT2D eigenvalue weighted by molar-refractivity contribution is 7.90. The molecule has 2 bridgehead atoms. The number of carbonyl (C=O) groups excluding carboxylic acids is 2. The number of hydrogen-bond acceptors (Lipinski definition) is 5. The van der Waals surface area contributed by atoms with Gasteiger partial charge in [0.05, 0.1) is 24.8 Å². The molecule has 2 aliphatic carbocycles. The molecule has 3 fully saturated rings. The average Bonchev–Trinajstić information content (AvgIpc) is 3.13. The van der Waals surface area contributed by atoms with Gasteiger partial charge in [-0.05, 0) is 36.2 Å². The van der Waals surface area contributed by atoms with Crippen molar-refractivity contribution in [1.82, 2.24) is 4.31 Å². The van der Waals surface area contributed by atoms with Gasteiger partial charge in [0, 0.05) is 11.8 Å². The Morgan fingerprint density at radius 1 is 1.25 bits per heavy atom. The van der Waals surface area contributed by atoms with E-state index in [4.69, 9.17) is 4.74 Å². The molecular formula is C21H27NO5S. The Balaban J connectivity index is 1.65. The maximum atomic E-state index is 13.2. The third-order valence-corrected chi connectivity index (χ3v) is 9.66. The molecule has 2 saturated carbocycles. The number of rotatable bonds is 4. The van der Waals surface area contributed by atoms with Crippen molar-refractivity contribution in [3.8, 4) is 0 Å². The van der Waals surface area contributed by atoms with Gasteiger partial charge in [0.15, 0.2) is 0 Å². The van der Waals surface area contributed by atoms with Crippen molar-refractivity contribution in [3.05, 3.63) is 35.9 Å². The molecule has 7 heteroatoms. The van der Waals surface area contributed by atoms with E-state index in [0.717, 1.165) is 23.6 Å². The third kappa shape index (κ3) is 2.55. The van der Waals surface area contributed by atoms with Crippen LogP contribution >= 0.6 is 0 Å². The van der Waals surface area contributed by atoms with Crippen LogP contribution in [0.25, 0.3) is 0 Å². The van der Waals surface area contributed by atoms with Crippen LogP contribution in [-0.2, 0) is 24.3 Å². The highest BCUT2D eigenvalue weighted by Gasteiger charge is 2.72. The van der Waals surface area contributed by atoms with Crippen LogP contribution in [0.3, 0.4) is 0 Å². The highest BCUT2D eigenvalue weighted by Crippen LogP contribution is 2.70. The molecule has 28 heavy (non-hydrogen) atoms. The minimum atomic E-state index is -3.69. The fourth-order valence-corrected chi connectivity index (χ4v) is 8.61. The summed E-state index contributed by atoms with van der Waals surface area (Å²) in [6.07, 6.45) is 2.40. The summed E-state index contributed by atoms with van der Waals surface area (Å²) in [4.78, 5) is 25.6. The van der Waals surface area contributed by atoms with E-state index >= 15 is 0 Å². The maximum absolute atomic E-state index is 13.2. The number of ether oxygens (including phenoxy) is 1. The standard InChI is InChI=1S/C21H27NO5S/c1-20(2)15-9-10-21(20)13-28(25,26)22(17(21)11-15)18(23)12-16(19(24)27-3)14-7-5-4-6-8-14/h4-8,15-17H,9-13H2,1-3H3/t15-,16+,17+,21-/m1/s1. The third-order valence-electron chi connectivity index (χ3n) is 7.72. The Labute approximate surface area is 166 Å². The molecule has 0 radical (unpaired) electrons. The molecule has 6 nitrogen and oxygen atoms in total. The zero-order chi connectivity index (χ0) is 20.3. The van der Waals surface area contributed by atoms with Crippen LogP contribution in [0.2, 0.25) is 0 Å². The molecule has 1 saturated heterocycles. The molecule has 0 unspecified atom stereocenters. The number of sulfonamides is 1. The predicted molar refractivity (Wildman–Crippen MR) is 104 cm³/mol. The van der Waals surface area contributed by atoms with Gasteiger partial charge in [0.2, 0.25) is 15.9 Å². The number of benzene rings is 1. The largest absolute Gasteiger partial charge is 0.469 e. The summed E-state index contributed by atoms with van der Waals surface area (Å²) < 4.78 is 32.1. The summed E-state index contributed by atoms with van der Waals surface area (Å²) in [5.41, 5.74) is 0.197. The average molecular weight is 406 g/mol. The first-order valence-electron chi connectivity index (χ1n) is 9.82. The van der Waals surface area contributed by atoms with Crippen molar-refractivity contribution in [3.63, 3.8) is 0 Å². The monoisotopic (exact) mass is 405 g/mol. The molecule has 1 aliphatic heterocycles. The first-order chi connectivity index (χ1) is 13.1. The van der Waals surface area contributed by atoms with Gasteiger partial charge in [-0.1, -0.05) is 44.2 Å². The zero-order valence-electron chi connectivity index (χ0n) is 16.6. The smallest absolute Gasteiger partial charge is 0.313 e. The molecular weight excluding hydrogens is 378 g/mol. The van der Waals surface area contributed by atoms with Gasteiger partial charge in [-0.25, -0.2) is 12.7 Å². The van der Waals surface area contributed by atoms with Crippen molar-refractivity contribution >= 4 is 21.9 Å². The van der Waals surface area contributed by atoms with Crippen molar-refractivity contribution in [2.24, 2.45) is 16.7 Å². The van der Waals surface area contributed by atoms with Gasteiger partial charge < -0.3 is 4.74 Å². The maximum Gasteiger partial charge on any atom is 0.313 e. The summed E-state index contributed by atoms with van der Waals surface area (Å²) in [7, 11) is -2.41. The summed E-state index contributed by atoms with van der Waals surface area (Å²) in [6.45, 7) is 4.30. The van der Waals surface area contributed by atoms with Crippen molar-refractivity contribution in [2.45, 2.75) is 51.5 Å². The molecule has 4 atom stereocenters. The lowest BCUT2D eigenvalue weighted by molar-refractivity contribution is -0.145. The van der Waals surface area contributed by atoms with Crippen LogP contribution in [-0.4, -0.2) is 43.5 Å². The lowest BCUT2D eigenvalue weighted by Crippen LogP contribution is -2.44. The first-order valence-corrected chi connectivity index (χ1v) is 11.4. The van der Waals surface area contributed by atoms with E-state index in [0.29, 0.717) is 11.5 Å². The second-order valence-electron chi connectivity index (χ2n) is 9.00. The second-order valence-corrected chi connectivity index (χ2v) is 10.8. The summed E-state index contributed by atoms with van der Waals surface area (Å²) >= 11 is 0. The zero-order valence-corrected chi connectivity index (χ0v) is 17.4. The molecule has 1 heterocycles. The second kappa shape index (κ2) is 6.31. The highest BCUT2D eigenvalue weighted by atomic mass is 32.2. The van der Waals surface area contributed by atoms with E-state index in [1.54, 1.807) is 24.3 Å². The van der Waals surface area contributed by atoms with E-state index in [9.17, 15) is 18.0 Å². The molecule has 3 aliphatic rings. The number of fused-ring (bicyclic) bond motifs is 1. The normalized spacial score (nSPS) is 32.8. The number of esters is 1. The van der Waals surface area contributed by atoms with Crippen LogP contribution in [0.1, 0.15) is 51.0 Å². The first kappa shape index (κ1) is 19.4. The predicted octanol–water partition coefficient (Wildman–Crippen LogP) is 2.70. The van der Waals surface area contributed by atoms with Gasteiger partial charge in [0.25, 0.3) is 0 Å². The van der Waals surface area contributed by atoms with Crippen LogP contribution in [0.4, 0.5) is 0 Å². The van der Waals surface area contributed by atoms with Crippen molar-refractivity contribution in [2.75, 3.05) is 12.9 Å². The topological polar surface area (TPSA) is 80.8 Å². The molecule has 1 aromatic rings. The molecule has 1 spiro atoms. The van der Waals surface area contributed by atoms with Crippen LogP contribution in [0, 0.1) is 16.7 Å². The minimum Gasteiger partial charge on any atom is -0.469 e. The SMILES string of the molecule is COC(=O)[C@@H](CC(=O)N1[C@H]2C[C@H]3CC[C@]2(CS1(=O)=O)C3(C)C)c1ccccc1. The molecule has 1 aromatic carbocycles. The quantitative estimate of drug-likeness (QED) is 0.720. The summed E-state index contributed by atoms with van der Waals surface area (Å²) in [5.74, 6) is -1.36. The van der Waals surface area contributed by atoms with E-state index in [2.05, 4.69) is 13.8 Å². The molecule has 0 aromatic heterocycles. The van der Waals surface area contributed by atoms with E-state index in [-0.39, 0.29) is 29.0 Å². The van der Waals surface area contributed by atoms with Crippen LogP contribution in [0.5, 0.6) is 0 Å². The Morgan fingerprint density at radius 2 is 1.93 bits per heavy atom. The van der Waals surface area contributed by atoms with Gasteiger partial charge in [-0.3, -0.25) is 9.59 Å². The molecule has 1 amide bonds. The van der Waals surface area contributed by atoms with Gasteiger partial charge >= 0.3 is 5.97 Å². The van der Waals surface area contributed by atoms with Crippen LogP contribution in [0.15, 0.2) is 30.3 Å². The van der Waals surface area contributed by atoms with Crippen LogP contribution < -0.4 is 0 Å². The lowest BCUT2D eigenvalue weighted by atomic mass is 9.69. The summed E-state index contributed by atoms with van der Waals surface area (Å²) in [5, 5.41) is 0. The fraction of sp³-hybridized carbons (Fsp3) is 0.619. The number of amides is 1. The van der Waals surface area contributed by atoms with Gasteiger partial charge in [-0.2, -0.15) is 0 Å². The number of hydrogen-bond donors (Lipinski definition) is 0.